The van der Waals surface area contributed by atoms with Gasteiger partial charge in [-0.05, 0) is 6.07 Å². The van der Waals surface area contributed by atoms with Crippen LogP contribution in [0.3, 0.4) is 0 Å². The van der Waals surface area contributed by atoms with Crippen LogP contribution in [0.25, 0.3) is 0 Å². The molecule has 0 unspecified atom stereocenters. The van der Waals surface area contributed by atoms with Crippen LogP contribution in [0, 0.1) is 0 Å². The average molecular weight is 289 g/mol. The van der Waals surface area contributed by atoms with Crippen molar-refractivity contribution in [1.29, 1.82) is 0 Å². The summed E-state index contributed by atoms with van der Waals surface area (Å²) in [5.74, 6) is 1.16. The molecule has 3 N–H and O–H groups in total. The molecule has 0 atom stereocenters. The second-order valence-electron chi connectivity index (χ2n) is 4.53. The standard InChI is InChI=1S/C14H19N5O2/c1-19-10-17-13(18-19)6-7-16-14(20)9-21-12-5-3-2-4-11(12)8-15/h2-5,10H,6-9,15H2,1H3,(H,16,20). The molecule has 0 aliphatic rings. The monoisotopic (exact) mass is 289 g/mol. The number of aromatic nitrogens is 3. The van der Waals surface area contributed by atoms with E-state index in [4.69, 9.17) is 10.5 Å². The summed E-state index contributed by atoms with van der Waals surface area (Å²) in [6.07, 6.45) is 2.22. The van der Waals surface area contributed by atoms with Gasteiger partial charge in [0, 0.05) is 32.1 Å². The minimum absolute atomic E-state index is 0.0351. The molecule has 0 bridgehead atoms. The molecule has 0 spiro atoms. The Kier molecular flexibility index (Phi) is 5.28. The van der Waals surface area contributed by atoms with Crippen LogP contribution in [0.15, 0.2) is 30.6 Å². The van der Waals surface area contributed by atoms with E-state index in [1.165, 1.54) is 0 Å². The largest absolute Gasteiger partial charge is 0.483 e. The maximum atomic E-state index is 11.7. The van der Waals surface area contributed by atoms with Crippen LogP contribution in [0.1, 0.15) is 11.4 Å². The number of aryl methyl sites for hydroxylation is 1. The molecule has 0 aliphatic heterocycles. The molecule has 2 rings (SSSR count). The number of rotatable bonds is 7. The van der Waals surface area contributed by atoms with E-state index in [1.807, 2.05) is 18.2 Å². The Bertz CT molecular complexity index is 597. The summed E-state index contributed by atoms with van der Waals surface area (Å²) >= 11 is 0. The minimum atomic E-state index is -0.183. The Morgan fingerprint density at radius 2 is 2.24 bits per heavy atom. The predicted molar refractivity (Wildman–Crippen MR) is 77.5 cm³/mol. The van der Waals surface area contributed by atoms with Gasteiger partial charge in [-0.15, -0.1) is 0 Å². The molecule has 0 saturated heterocycles. The summed E-state index contributed by atoms with van der Waals surface area (Å²) in [7, 11) is 1.80. The van der Waals surface area contributed by atoms with E-state index in [2.05, 4.69) is 15.4 Å². The van der Waals surface area contributed by atoms with Crippen molar-refractivity contribution in [1.82, 2.24) is 20.1 Å². The van der Waals surface area contributed by atoms with Gasteiger partial charge in [0.1, 0.15) is 12.1 Å². The summed E-state index contributed by atoms with van der Waals surface area (Å²) in [5, 5.41) is 6.90. The Morgan fingerprint density at radius 1 is 1.43 bits per heavy atom. The number of nitrogens with one attached hydrogen (secondary N) is 1. The smallest absolute Gasteiger partial charge is 0.257 e. The topological polar surface area (TPSA) is 95.1 Å². The van der Waals surface area contributed by atoms with Crippen molar-refractivity contribution in [2.45, 2.75) is 13.0 Å². The molecule has 0 radical (unpaired) electrons. The van der Waals surface area contributed by atoms with E-state index in [1.54, 1.807) is 24.1 Å². The summed E-state index contributed by atoms with van der Waals surface area (Å²) in [4.78, 5) is 15.8. The lowest BCUT2D eigenvalue weighted by Gasteiger charge is -2.10. The van der Waals surface area contributed by atoms with Crippen LogP contribution >= 0.6 is 0 Å². The fourth-order valence-corrected chi connectivity index (χ4v) is 1.82. The van der Waals surface area contributed by atoms with E-state index in [0.717, 1.165) is 5.56 Å². The molecule has 7 nitrogen and oxygen atoms in total. The Morgan fingerprint density at radius 3 is 2.95 bits per heavy atom. The number of amides is 1. The molecule has 1 aromatic carbocycles. The van der Waals surface area contributed by atoms with Gasteiger partial charge in [-0.25, -0.2) is 4.98 Å². The van der Waals surface area contributed by atoms with Crippen molar-refractivity contribution in [3.8, 4) is 5.75 Å². The third kappa shape index (κ3) is 4.57. The average Bonchev–Trinajstić information content (AvgIpc) is 2.91. The molecule has 1 aromatic heterocycles. The molecule has 112 valence electrons. The summed E-state index contributed by atoms with van der Waals surface area (Å²) < 4.78 is 7.10. The Labute approximate surface area is 123 Å². The van der Waals surface area contributed by atoms with E-state index >= 15 is 0 Å². The number of ether oxygens (including phenoxy) is 1. The van der Waals surface area contributed by atoms with Gasteiger partial charge in [0.15, 0.2) is 12.4 Å². The molecule has 1 amide bonds. The van der Waals surface area contributed by atoms with Crippen LogP contribution in [0.2, 0.25) is 0 Å². The molecule has 0 saturated carbocycles. The number of para-hydroxylation sites is 1. The van der Waals surface area contributed by atoms with Crippen molar-refractivity contribution in [3.63, 3.8) is 0 Å². The van der Waals surface area contributed by atoms with Gasteiger partial charge < -0.3 is 15.8 Å². The third-order valence-electron chi connectivity index (χ3n) is 2.87. The zero-order chi connectivity index (χ0) is 15.1. The molecule has 1 heterocycles. The van der Waals surface area contributed by atoms with Crippen LogP contribution in [-0.4, -0.2) is 33.8 Å². The van der Waals surface area contributed by atoms with Gasteiger partial charge in [0.05, 0.1) is 0 Å². The van der Waals surface area contributed by atoms with E-state index in [9.17, 15) is 4.79 Å². The molecule has 7 heteroatoms. The van der Waals surface area contributed by atoms with Gasteiger partial charge in [-0.3, -0.25) is 9.48 Å². The van der Waals surface area contributed by atoms with Crippen molar-refractivity contribution in [2.75, 3.05) is 13.2 Å². The van der Waals surface area contributed by atoms with Gasteiger partial charge >= 0.3 is 0 Å². The molecule has 0 fully saturated rings. The zero-order valence-electron chi connectivity index (χ0n) is 12.0. The Hall–Kier alpha value is -2.41. The molecular weight excluding hydrogens is 270 g/mol. The summed E-state index contributed by atoms with van der Waals surface area (Å²) in [5.41, 5.74) is 6.48. The lowest BCUT2D eigenvalue weighted by molar-refractivity contribution is -0.123. The van der Waals surface area contributed by atoms with Gasteiger partial charge in [0.2, 0.25) is 0 Å². The summed E-state index contributed by atoms with van der Waals surface area (Å²) in [6, 6.07) is 7.40. The lowest BCUT2D eigenvalue weighted by atomic mass is 10.2. The second-order valence-corrected chi connectivity index (χ2v) is 4.53. The van der Waals surface area contributed by atoms with Crippen molar-refractivity contribution in [2.24, 2.45) is 12.8 Å². The fourth-order valence-electron chi connectivity index (χ4n) is 1.82. The first-order chi connectivity index (χ1) is 10.2. The van der Waals surface area contributed by atoms with Gasteiger partial charge in [-0.2, -0.15) is 5.10 Å². The minimum Gasteiger partial charge on any atom is -0.483 e. The lowest BCUT2D eigenvalue weighted by Crippen LogP contribution is -2.31. The van der Waals surface area contributed by atoms with Crippen molar-refractivity contribution >= 4 is 5.91 Å². The predicted octanol–water partition coefficient (Wildman–Crippen LogP) is 0.0115. The highest BCUT2D eigenvalue weighted by atomic mass is 16.5. The van der Waals surface area contributed by atoms with E-state index in [-0.39, 0.29) is 12.5 Å². The van der Waals surface area contributed by atoms with Crippen LogP contribution in [0.4, 0.5) is 0 Å². The highest BCUT2D eigenvalue weighted by Crippen LogP contribution is 2.16. The Balaban J connectivity index is 1.72. The maximum Gasteiger partial charge on any atom is 0.257 e. The fraction of sp³-hybridized carbons (Fsp3) is 0.357. The number of carbonyl (C=O) groups is 1. The highest BCUT2D eigenvalue weighted by Gasteiger charge is 2.06. The number of nitrogens with zero attached hydrogens (tertiary/aromatic N) is 3. The quantitative estimate of drug-likeness (QED) is 0.749. The normalized spacial score (nSPS) is 10.4. The zero-order valence-corrected chi connectivity index (χ0v) is 12.0. The number of nitrogens with two attached hydrogens (primary N) is 1. The van der Waals surface area contributed by atoms with Crippen molar-refractivity contribution < 1.29 is 9.53 Å². The maximum absolute atomic E-state index is 11.7. The van der Waals surface area contributed by atoms with E-state index in [0.29, 0.717) is 31.1 Å². The molecular formula is C14H19N5O2. The van der Waals surface area contributed by atoms with Crippen LogP contribution < -0.4 is 15.8 Å². The van der Waals surface area contributed by atoms with Gasteiger partial charge in [0.25, 0.3) is 5.91 Å². The highest BCUT2D eigenvalue weighted by molar-refractivity contribution is 5.77. The van der Waals surface area contributed by atoms with Gasteiger partial charge in [-0.1, -0.05) is 18.2 Å². The van der Waals surface area contributed by atoms with Crippen LogP contribution in [-0.2, 0) is 24.8 Å². The molecule has 21 heavy (non-hydrogen) atoms. The SMILES string of the molecule is Cn1cnc(CCNC(=O)COc2ccccc2CN)n1. The number of hydrogen-bond acceptors (Lipinski definition) is 5. The molecule has 2 aromatic rings. The molecule has 0 aliphatic carbocycles. The van der Waals surface area contributed by atoms with E-state index < -0.39 is 0 Å². The first-order valence-corrected chi connectivity index (χ1v) is 6.71. The summed E-state index contributed by atoms with van der Waals surface area (Å²) in [6.45, 7) is 0.820. The third-order valence-corrected chi connectivity index (χ3v) is 2.87. The number of hydrogen-bond donors (Lipinski definition) is 2. The number of benzene rings is 1. The first-order valence-electron chi connectivity index (χ1n) is 6.71. The first kappa shape index (κ1) is 15.0. The second kappa shape index (κ2) is 7.39. The number of carbonyl (C=O) groups excluding carboxylic acids is 1. The van der Waals surface area contributed by atoms with Crippen molar-refractivity contribution in [3.05, 3.63) is 42.0 Å². The van der Waals surface area contributed by atoms with Crippen LogP contribution in [0.5, 0.6) is 5.75 Å².